The van der Waals surface area contributed by atoms with Gasteiger partial charge in [0.2, 0.25) is 10.0 Å². The number of nitrogens with zero attached hydrogens (tertiary/aromatic N) is 1. The zero-order valence-corrected chi connectivity index (χ0v) is 12.4. The van der Waals surface area contributed by atoms with E-state index in [4.69, 9.17) is 5.14 Å². The van der Waals surface area contributed by atoms with Crippen molar-refractivity contribution in [3.05, 3.63) is 53.2 Å². The maximum Gasteiger partial charge on any atom is 0.257 e. The molecule has 0 bridgehead atoms. The summed E-state index contributed by atoms with van der Waals surface area (Å²) in [6, 6.07) is 7.69. The van der Waals surface area contributed by atoms with Gasteiger partial charge < -0.3 is 5.32 Å². The van der Waals surface area contributed by atoms with Crippen molar-refractivity contribution in [2.75, 3.05) is 5.32 Å². The fourth-order valence-corrected chi connectivity index (χ4v) is 2.35. The van der Waals surface area contributed by atoms with E-state index in [2.05, 4.69) is 10.3 Å². The molecule has 0 saturated heterocycles. The van der Waals surface area contributed by atoms with Gasteiger partial charge in [-0.1, -0.05) is 6.07 Å². The molecule has 110 valence electrons. The molecule has 0 unspecified atom stereocenters. The van der Waals surface area contributed by atoms with Crippen molar-refractivity contribution in [2.24, 2.45) is 5.14 Å². The van der Waals surface area contributed by atoms with Crippen molar-refractivity contribution in [1.82, 2.24) is 4.98 Å². The van der Waals surface area contributed by atoms with Gasteiger partial charge in [0.1, 0.15) is 5.82 Å². The molecule has 0 aliphatic heterocycles. The van der Waals surface area contributed by atoms with Crippen LogP contribution in [0.4, 0.5) is 5.82 Å². The van der Waals surface area contributed by atoms with Crippen LogP contribution in [-0.4, -0.2) is 19.3 Å². The van der Waals surface area contributed by atoms with Gasteiger partial charge >= 0.3 is 0 Å². The van der Waals surface area contributed by atoms with E-state index in [1.54, 1.807) is 25.3 Å². The minimum Gasteiger partial charge on any atom is -0.307 e. The smallest absolute Gasteiger partial charge is 0.257 e. The van der Waals surface area contributed by atoms with Crippen LogP contribution >= 0.6 is 0 Å². The van der Waals surface area contributed by atoms with Gasteiger partial charge in [0, 0.05) is 11.8 Å². The summed E-state index contributed by atoms with van der Waals surface area (Å²) >= 11 is 0. The van der Waals surface area contributed by atoms with Gasteiger partial charge in [-0.3, -0.25) is 4.79 Å². The van der Waals surface area contributed by atoms with Crippen LogP contribution in [0.2, 0.25) is 0 Å². The molecule has 0 aliphatic carbocycles. The van der Waals surface area contributed by atoms with E-state index in [-0.39, 0.29) is 10.5 Å². The minimum absolute atomic E-state index is 0.101. The SMILES string of the molecule is Cc1ccnc(NC(=O)c2cc(S(N)(=O)=O)ccc2C)c1. The number of carbonyl (C=O) groups is 1. The lowest BCUT2D eigenvalue weighted by molar-refractivity contribution is 0.102. The lowest BCUT2D eigenvalue weighted by Crippen LogP contribution is -2.17. The van der Waals surface area contributed by atoms with Crippen LogP contribution in [-0.2, 0) is 10.0 Å². The van der Waals surface area contributed by atoms with Crippen LogP contribution in [0.3, 0.4) is 0 Å². The van der Waals surface area contributed by atoms with E-state index in [0.717, 1.165) is 5.56 Å². The summed E-state index contributed by atoms with van der Waals surface area (Å²) in [5.41, 5.74) is 1.84. The number of hydrogen-bond donors (Lipinski definition) is 2. The minimum atomic E-state index is -3.85. The predicted molar refractivity (Wildman–Crippen MR) is 79.5 cm³/mol. The van der Waals surface area contributed by atoms with Crippen molar-refractivity contribution >= 4 is 21.7 Å². The first-order valence-corrected chi connectivity index (χ1v) is 7.69. The van der Waals surface area contributed by atoms with E-state index in [1.807, 2.05) is 13.0 Å². The molecule has 0 atom stereocenters. The van der Waals surface area contributed by atoms with Crippen LogP contribution in [0.5, 0.6) is 0 Å². The summed E-state index contributed by atoms with van der Waals surface area (Å²) in [7, 11) is -3.85. The Balaban J connectivity index is 2.35. The maximum atomic E-state index is 12.2. The Morgan fingerprint density at radius 2 is 1.90 bits per heavy atom. The molecule has 1 amide bonds. The topological polar surface area (TPSA) is 102 Å². The standard InChI is InChI=1S/C14H15N3O3S/c1-9-5-6-16-13(7-9)17-14(18)12-8-11(21(15,19)20)4-3-10(12)2/h3-8H,1-2H3,(H2,15,19,20)(H,16,17,18). The van der Waals surface area contributed by atoms with Crippen LogP contribution in [0.15, 0.2) is 41.4 Å². The van der Waals surface area contributed by atoms with E-state index < -0.39 is 15.9 Å². The highest BCUT2D eigenvalue weighted by Crippen LogP contribution is 2.16. The molecule has 6 nitrogen and oxygen atoms in total. The fourth-order valence-electron chi connectivity index (χ4n) is 1.81. The molecule has 1 aromatic heterocycles. The number of sulfonamides is 1. The second-order valence-electron chi connectivity index (χ2n) is 4.69. The Hall–Kier alpha value is -2.25. The number of anilines is 1. The zero-order valence-electron chi connectivity index (χ0n) is 11.6. The molecular formula is C14H15N3O3S. The molecule has 0 radical (unpaired) electrons. The summed E-state index contributed by atoms with van der Waals surface area (Å²) in [6.07, 6.45) is 1.58. The van der Waals surface area contributed by atoms with E-state index in [0.29, 0.717) is 11.4 Å². The van der Waals surface area contributed by atoms with Crippen LogP contribution in [0.25, 0.3) is 0 Å². The average molecular weight is 305 g/mol. The Bertz CT molecular complexity index is 801. The molecule has 21 heavy (non-hydrogen) atoms. The summed E-state index contributed by atoms with van der Waals surface area (Å²) in [5.74, 6) is -0.0310. The average Bonchev–Trinajstić information content (AvgIpc) is 2.37. The number of aromatic nitrogens is 1. The van der Waals surface area contributed by atoms with Gasteiger partial charge in [-0.25, -0.2) is 18.5 Å². The van der Waals surface area contributed by atoms with E-state index >= 15 is 0 Å². The Morgan fingerprint density at radius 1 is 1.19 bits per heavy atom. The third-order valence-corrected chi connectivity index (χ3v) is 3.85. The van der Waals surface area contributed by atoms with Gasteiger partial charge in [0.25, 0.3) is 5.91 Å². The number of rotatable bonds is 3. The van der Waals surface area contributed by atoms with Crippen molar-refractivity contribution < 1.29 is 13.2 Å². The molecular weight excluding hydrogens is 290 g/mol. The molecule has 3 N–H and O–H groups in total. The van der Waals surface area contributed by atoms with Gasteiger partial charge in [-0.15, -0.1) is 0 Å². The van der Waals surface area contributed by atoms with E-state index in [1.165, 1.54) is 12.1 Å². The van der Waals surface area contributed by atoms with Crippen molar-refractivity contribution in [2.45, 2.75) is 18.7 Å². The molecule has 0 saturated carbocycles. The fraction of sp³-hybridized carbons (Fsp3) is 0.143. The summed E-state index contributed by atoms with van der Waals surface area (Å²) in [6.45, 7) is 3.59. The summed E-state index contributed by atoms with van der Waals surface area (Å²) in [4.78, 5) is 16.2. The Labute approximate surface area is 123 Å². The number of nitrogens with two attached hydrogens (primary N) is 1. The van der Waals surface area contributed by atoms with E-state index in [9.17, 15) is 13.2 Å². The van der Waals surface area contributed by atoms with Gasteiger partial charge in [0.05, 0.1) is 4.90 Å². The molecule has 0 spiro atoms. The van der Waals surface area contributed by atoms with Crippen molar-refractivity contribution in [1.29, 1.82) is 0 Å². The number of hydrogen-bond acceptors (Lipinski definition) is 4. The van der Waals surface area contributed by atoms with Gasteiger partial charge in [0.15, 0.2) is 0 Å². The zero-order chi connectivity index (χ0) is 15.6. The molecule has 2 rings (SSSR count). The highest BCUT2D eigenvalue weighted by Gasteiger charge is 2.15. The lowest BCUT2D eigenvalue weighted by Gasteiger charge is -2.09. The first-order chi connectivity index (χ1) is 9.77. The van der Waals surface area contributed by atoms with Crippen molar-refractivity contribution in [3.8, 4) is 0 Å². The Kier molecular flexibility index (Phi) is 4.06. The number of nitrogens with one attached hydrogen (secondary N) is 1. The Morgan fingerprint density at radius 3 is 2.52 bits per heavy atom. The third-order valence-electron chi connectivity index (χ3n) is 2.94. The van der Waals surface area contributed by atoms with Crippen LogP contribution in [0, 0.1) is 13.8 Å². The number of benzene rings is 1. The predicted octanol–water partition coefficient (Wildman–Crippen LogP) is 1.60. The normalized spacial score (nSPS) is 11.2. The lowest BCUT2D eigenvalue weighted by atomic mass is 10.1. The molecule has 7 heteroatoms. The first-order valence-electron chi connectivity index (χ1n) is 6.15. The second-order valence-corrected chi connectivity index (χ2v) is 6.26. The molecule has 0 fully saturated rings. The van der Waals surface area contributed by atoms with Crippen LogP contribution in [0.1, 0.15) is 21.5 Å². The maximum absolute atomic E-state index is 12.2. The largest absolute Gasteiger partial charge is 0.307 e. The third kappa shape index (κ3) is 3.65. The number of primary sulfonamides is 1. The van der Waals surface area contributed by atoms with Gasteiger partial charge in [-0.2, -0.15) is 0 Å². The molecule has 0 aliphatic rings. The number of aryl methyl sites for hydroxylation is 2. The summed E-state index contributed by atoms with van der Waals surface area (Å²) in [5, 5.41) is 7.71. The molecule has 2 aromatic rings. The summed E-state index contributed by atoms with van der Waals surface area (Å²) < 4.78 is 22.7. The highest BCUT2D eigenvalue weighted by molar-refractivity contribution is 7.89. The van der Waals surface area contributed by atoms with Crippen molar-refractivity contribution in [3.63, 3.8) is 0 Å². The number of carbonyl (C=O) groups excluding carboxylic acids is 1. The van der Waals surface area contributed by atoms with Gasteiger partial charge in [-0.05, 0) is 49.2 Å². The first kappa shape index (κ1) is 15.1. The number of amides is 1. The molecule has 1 aromatic carbocycles. The molecule has 1 heterocycles. The monoisotopic (exact) mass is 305 g/mol. The van der Waals surface area contributed by atoms with Crippen LogP contribution < -0.4 is 10.5 Å². The quantitative estimate of drug-likeness (QED) is 0.899. The highest BCUT2D eigenvalue weighted by atomic mass is 32.2. The second kappa shape index (κ2) is 5.63. The number of pyridine rings is 1.